The molecule has 0 aromatic heterocycles. The second kappa shape index (κ2) is 7.70. The predicted octanol–water partition coefficient (Wildman–Crippen LogP) is 3.29. The van der Waals surface area contributed by atoms with Gasteiger partial charge in [0.15, 0.2) is 5.78 Å². The Labute approximate surface area is 155 Å². The van der Waals surface area contributed by atoms with Crippen molar-refractivity contribution in [3.63, 3.8) is 0 Å². The number of carboxylic acids is 1. The normalized spacial score (nSPS) is 26.5. The first kappa shape index (κ1) is 14.5. The Morgan fingerprint density at radius 2 is 2.16 bits per heavy atom. The zero-order valence-electron chi connectivity index (χ0n) is 16.7. The molecule has 0 bridgehead atoms. The van der Waals surface area contributed by atoms with Crippen LogP contribution in [0.25, 0.3) is 0 Å². The van der Waals surface area contributed by atoms with Crippen LogP contribution in [0.15, 0.2) is 35.9 Å². The molecule has 1 aromatic carbocycles. The Hall–Kier alpha value is -1.66. The van der Waals surface area contributed by atoms with E-state index in [0.717, 1.165) is 30.7 Å². The largest absolute Gasteiger partial charge is 0.478 e. The standard InChI is InChI=1S/C19H22FNO3S/c1-25-16-8-9-21(11-13(16)10-17(22)23)18(19(24)12-6-7-12)14-4-2-3-5-15(14)20/h2-5,10,12,16,18H,6-9,11H2,1H3,(H,22,23)/b13-10-/i1D3. The van der Waals surface area contributed by atoms with Gasteiger partial charge >= 0.3 is 5.97 Å². The Kier molecular flexibility index (Phi) is 4.47. The van der Waals surface area contributed by atoms with E-state index in [2.05, 4.69) is 0 Å². The zero-order chi connectivity index (χ0) is 20.5. The fourth-order valence-electron chi connectivity index (χ4n) is 3.35. The summed E-state index contributed by atoms with van der Waals surface area (Å²) in [6.07, 6.45) is 0.722. The molecule has 0 radical (unpaired) electrons. The molecule has 0 spiro atoms. The van der Waals surface area contributed by atoms with E-state index >= 15 is 0 Å². The third-order valence-corrected chi connectivity index (χ3v) is 5.57. The number of hydrogen-bond acceptors (Lipinski definition) is 4. The van der Waals surface area contributed by atoms with E-state index in [4.69, 9.17) is 4.11 Å². The van der Waals surface area contributed by atoms with E-state index in [1.165, 1.54) is 6.07 Å². The van der Waals surface area contributed by atoms with Crippen LogP contribution in [0.4, 0.5) is 4.39 Å². The maximum Gasteiger partial charge on any atom is 0.328 e. The second-order valence-electron chi connectivity index (χ2n) is 6.52. The molecule has 25 heavy (non-hydrogen) atoms. The fourth-order valence-corrected chi connectivity index (χ4v) is 3.87. The van der Waals surface area contributed by atoms with Gasteiger partial charge in [0.2, 0.25) is 0 Å². The lowest BCUT2D eigenvalue weighted by Gasteiger charge is -2.38. The van der Waals surface area contributed by atoms with E-state index < -0.39 is 29.3 Å². The van der Waals surface area contributed by atoms with Crippen LogP contribution in [0, 0.1) is 11.7 Å². The quantitative estimate of drug-likeness (QED) is 0.783. The molecule has 6 heteroatoms. The summed E-state index contributed by atoms with van der Waals surface area (Å²) < 4.78 is 36.9. The van der Waals surface area contributed by atoms with Crippen molar-refractivity contribution in [3.8, 4) is 0 Å². The average molecular weight is 366 g/mol. The van der Waals surface area contributed by atoms with E-state index in [1.807, 2.05) is 0 Å². The van der Waals surface area contributed by atoms with Gasteiger partial charge in [-0.15, -0.1) is 0 Å². The molecule has 1 aromatic rings. The molecular weight excluding hydrogens is 341 g/mol. The van der Waals surface area contributed by atoms with Crippen molar-refractivity contribution in [1.82, 2.24) is 4.90 Å². The summed E-state index contributed by atoms with van der Waals surface area (Å²) in [4.78, 5) is 26.0. The number of thioether (sulfide) groups is 1. The maximum absolute atomic E-state index is 14.5. The van der Waals surface area contributed by atoms with E-state index in [9.17, 15) is 19.1 Å². The number of likely N-dealkylation sites (tertiary alicyclic amines) is 1. The number of benzene rings is 1. The molecule has 134 valence electrons. The van der Waals surface area contributed by atoms with Crippen LogP contribution in [-0.2, 0) is 9.59 Å². The van der Waals surface area contributed by atoms with Crippen LogP contribution in [0.5, 0.6) is 0 Å². The Morgan fingerprint density at radius 3 is 2.80 bits per heavy atom. The smallest absolute Gasteiger partial charge is 0.328 e. The summed E-state index contributed by atoms with van der Waals surface area (Å²) in [5, 5.41) is 8.73. The van der Waals surface area contributed by atoms with Crippen LogP contribution < -0.4 is 0 Å². The first-order valence-electron chi connectivity index (χ1n) is 9.79. The van der Waals surface area contributed by atoms with Gasteiger partial charge in [0.25, 0.3) is 0 Å². The summed E-state index contributed by atoms with van der Waals surface area (Å²) >= 11 is 0.750. The molecule has 0 amide bonds. The number of piperidine rings is 1. The number of carbonyl (C=O) groups is 2. The van der Waals surface area contributed by atoms with E-state index in [0.29, 0.717) is 18.5 Å². The van der Waals surface area contributed by atoms with Gasteiger partial charge < -0.3 is 5.11 Å². The minimum Gasteiger partial charge on any atom is -0.478 e. The van der Waals surface area contributed by atoms with Crippen LogP contribution >= 0.6 is 11.8 Å². The maximum atomic E-state index is 14.5. The molecule has 2 aliphatic rings. The summed E-state index contributed by atoms with van der Waals surface area (Å²) in [6.45, 7) is 0.514. The number of carbonyl (C=O) groups excluding carboxylic acids is 1. The molecule has 1 saturated heterocycles. The van der Waals surface area contributed by atoms with Gasteiger partial charge in [0.1, 0.15) is 5.82 Å². The molecule has 1 aliphatic heterocycles. The first-order valence-corrected chi connectivity index (χ1v) is 9.17. The molecule has 1 heterocycles. The van der Waals surface area contributed by atoms with Crippen molar-refractivity contribution in [2.24, 2.45) is 5.92 Å². The predicted molar refractivity (Wildman–Crippen MR) is 96.1 cm³/mol. The molecule has 2 atom stereocenters. The third kappa shape index (κ3) is 4.12. The lowest BCUT2D eigenvalue weighted by atomic mass is 9.93. The first-order chi connectivity index (χ1) is 13.2. The summed E-state index contributed by atoms with van der Waals surface area (Å²) in [5.41, 5.74) is 0.723. The highest BCUT2D eigenvalue weighted by Gasteiger charge is 2.41. The Morgan fingerprint density at radius 1 is 1.40 bits per heavy atom. The number of rotatable bonds is 6. The highest BCUT2D eigenvalue weighted by Crippen LogP contribution is 2.40. The van der Waals surface area contributed by atoms with Crippen LogP contribution in [0.2, 0.25) is 0 Å². The molecular formula is C19H22FNO3S. The Balaban J connectivity index is 1.90. The molecule has 2 fully saturated rings. The van der Waals surface area contributed by atoms with Crippen molar-refractivity contribution < 1.29 is 23.2 Å². The van der Waals surface area contributed by atoms with Crippen LogP contribution in [-0.4, -0.2) is 46.3 Å². The van der Waals surface area contributed by atoms with Gasteiger partial charge in [-0.3, -0.25) is 9.69 Å². The van der Waals surface area contributed by atoms with Gasteiger partial charge in [0.05, 0.1) is 6.04 Å². The molecule has 3 rings (SSSR count). The van der Waals surface area contributed by atoms with Crippen LogP contribution in [0.1, 0.15) is 35.0 Å². The van der Waals surface area contributed by atoms with Gasteiger partial charge in [-0.2, -0.15) is 11.8 Å². The fraction of sp³-hybridized carbons (Fsp3) is 0.474. The van der Waals surface area contributed by atoms with E-state index in [-0.39, 0.29) is 23.8 Å². The van der Waals surface area contributed by atoms with Crippen molar-refractivity contribution >= 4 is 23.5 Å². The number of nitrogens with zero attached hydrogens (tertiary/aromatic N) is 1. The second-order valence-corrected chi connectivity index (χ2v) is 7.33. The molecule has 2 unspecified atom stereocenters. The average Bonchev–Trinajstić information content (AvgIpc) is 3.42. The number of halogens is 1. The van der Waals surface area contributed by atoms with E-state index in [1.54, 1.807) is 23.1 Å². The summed E-state index contributed by atoms with van der Waals surface area (Å²) in [5.74, 6) is -1.78. The minimum absolute atomic E-state index is 0.0540. The minimum atomic E-state index is -2.25. The number of aliphatic carboxylic acids is 1. The van der Waals surface area contributed by atoms with Gasteiger partial charge in [-0.05, 0) is 37.1 Å². The number of carboxylic acid groups (broad SMARTS) is 1. The van der Waals surface area contributed by atoms with Gasteiger partial charge in [0, 0.05) is 40.0 Å². The Bertz CT molecular complexity index is 795. The lowest BCUT2D eigenvalue weighted by Crippen LogP contribution is -2.43. The number of Topliss-reactive ketones (excluding diaryl/α,β-unsaturated/α-hetero) is 1. The number of ketones is 1. The zero-order valence-corrected chi connectivity index (χ0v) is 14.5. The van der Waals surface area contributed by atoms with Crippen molar-refractivity contribution in [2.75, 3.05) is 19.3 Å². The van der Waals surface area contributed by atoms with Gasteiger partial charge in [-0.25, -0.2) is 9.18 Å². The van der Waals surface area contributed by atoms with Gasteiger partial charge in [-0.1, -0.05) is 18.2 Å². The summed E-state index contributed by atoms with van der Waals surface area (Å²) in [6, 6.07) is 5.35. The lowest BCUT2D eigenvalue weighted by molar-refractivity contribution is -0.131. The highest BCUT2D eigenvalue weighted by molar-refractivity contribution is 7.99. The van der Waals surface area contributed by atoms with Crippen molar-refractivity contribution in [1.29, 1.82) is 0 Å². The van der Waals surface area contributed by atoms with Crippen molar-refractivity contribution in [2.45, 2.75) is 30.6 Å². The number of hydrogen-bond donors (Lipinski definition) is 1. The molecule has 4 nitrogen and oxygen atoms in total. The monoisotopic (exact) mass is 366 g/mol. The topological polar surface area (TPSA) is 57.6 Å². The third-order valence-electron chi connectivity index (χ3n) is 4.74. The summed E-state index contributed by atoms with van der Waals surface area (Å²) in [7, 11) is 0. The molecule has 1 N–H and O–H groups in total. The van der Waals surface area contributed by atoms with Crippen molar-refractivity contribution in [3.05, 3.63) is 47.3 Å². The molecule has 1 aliphatic carbocycles. The highest BCUT2D eigenvalue weighted by atomic mass is 32.2. The van der Waals surface area contributed by atoms with Crippen LogP contribution in [0.3, 0.4) is 0 Å². The SMILES string of the molecule is [2H]C([2H])([2H])SC1CCN(C(C(=O)C2CC2)c2ccccc2F)C/C1=C/C(=O)O. The molecule has 1 saturated carbocycles.